The number of amidine groups is 1. The van der Waals surface area contributed by atoms with Crippen molar-refractivity contribution in [3.8, 4) is 0 Å². The highest BCUT2D eigenvalue weighted by molar-refractivity contribution is 8.14. The summed E-state index contributed by atoms with van der Waals surface area (Å²) in [6.45, 7) is -0.0430. The number of aliphatic hydroxyl groups excluding tert-OH is 2. The SMILES string of the molecule is CN=C1NC2C(OC(C(OCCC3CCCCC3)C(F)(F)F)C(O)C2O)S1. The number of aliphatic hydroxyl groups is 2. The minimum atomic E-state index is -4.71. The van der Waals surface area contributed by atoms with Crippen LogP contribution in [0, 0.1) is 5.92 Å². The fourth-order valence-corrected chi connectivity index (χ4v) is 5.10. The highest BCUT2D eigenvalue weighted by Crippen LogP contribution is 2.39. The molecule has 2 saturated heterocycles. The Morgan fingerprint density at radius 3 is 2.59 bits per heavy atom. The number of thioether (sulfide) groups is 1. The zero-order valence-corrected chi connectivity index (χ0v) is 16.0. The van der Waals surface area contributed by atoms with E-state index < -0.39 is 42.1 Å². The van der Waals surface area contributed by atoms with E-state index in [4.69, 9.17) is 9.47 Å². The zero-order valence-electron chi connectivity index (χ0n) is 15.2. The maximum absolute atomic E-state index is 13.6. The second-order valence-corrected chi connectivity index (χ2v) is 8.48. The summed E-state index contributed by atoms with van der Waals surface area (Å²) in [5.74, 6) is 0.387. The van der Waals surface area contributed by atoms with Gasteiger partial charge >= 0.3 is 6.18 Å². The molecular weight excluding hydrogens is 385 g/mol. The summed E-state index contributed by atoms with van der Waals surface area (Å²) >= 11 is 1.10. The molecule has 0 spiro atoms. The van der Waals surface area contributed by atoms with Crippen molar-refractivity contribution in [1.29, 1.82) is 0 Å². The van der Waals surface area contributed by atoms with Gasteiger partial charge in [0.1, 0.15) is 23.7 Å². The number of hydrogen-bond acceptors (Lipinski definition) is 6. The summed E-state index contributed by atoms with van der Waals surface area (Å²) in [6.07, 6.45) is -5.79. The molecule has 0 aromatic carbocycles. The van der Waals surface area contributed by atoms with Crippen molar-refractivity contribution in [3.05, 3.63) is 0 Å². The minimum Gasteiger partial charge on any atom is -0.388 e. The van der Waals surface area contributed by atoms with Crippen LogP contribution in [0.4, 0.5) is 13.2 Å². The molecule has 1 aliphatic carbocycles. The van der Waals surface area contributed by atoms with E-state index in [1.807, 2.05) is 0 Å². The van der Waals surface area contributed by atoms with Gasteiger partial charge in [0.05, 0.1) is 6.04 Å². The van der Waals surface area contributed by atoms with Gasteiger partial charge in [0.2, 0.25) is 0 Å². The summed E-state index contributed by atoms with van der Waals surface area (Å²) in [5.41, 5.74) is -0.765. The fraction of sp³-hybridized carbons (Fsp3) is 0.941. The number of nitrogens with one attached hydrogen (secondary N) is 1. The Labute approximate surface area is 160 Å². The third-order valence-corrected chi connectivity index (χ3v) is 6.69. The van der Waals surface area contributed by atoms with Crippen molar-refractivity contribution >= 4 is 16.9 Å². The van der Waals surface area contributed by atoms with E-state index in [1.165, 1.54) is 13.5 Å². The van der Waals surface area contributed by atoms with E-state index in [9.17, 15) is 23.4 Å². The van der Waals surface area contributed by atoms with Gasteiger partial charge in [-0.25, -0.2) is 0 Å². The second kappa shape index (κ2) is 8.86. The third-order valence-electron chi connectivity index (χ3n) is 5.53. The van der Waals surface area contributed by atoms with E-state index in [0.29, 0.717) is 17.5 Å². The van der Waals surface area contributed by atoms with Crippen LogP contribution in [0.1, 0.15) is 38.5 Å². The molecule has 2 aliphatic heterocycles. The maximum atomic E-state index is 13.6. The fourth-order valence-electron chi connectivity index (χ4n) is 4.01. The van der Waals surface area contributed by atoms with Crippen molar-refractivity contribution in [2.45, 2.75) is 80.6 Å². The van der Waals surface area contributed by atoms with E-state index in [2.05, 4.69) is 10.3 Å². The number of aliphatic imine (C=N–C) groups is 1. The molecular formula is C17H27F3N2O4S. The molecule has 3 aliphatic rings. The van der Waals surface area contributed by atoms with Gasteiger partial charge in [-0.3, -0.25) is 4.99 Å². The van der Waals surface area contributed by atoms with E-state index in [-0.39, 0.29) is 6.61 Å². The molecule has 3 fully saturated rings. The number of alkyl halides is 3. The number of fused-ring (bicyclic) bond motifs is 1. The van der Waals surface area contributed by atoms with Gasteiger partial charge in [0, 0.05) is 13.7 Å². The molecule has 3 rings (SSSR count). The predicted molar refractivity (Wildman–Crippen MR) is 95.5 cm³/mol. The van der Waals surface area contributed by atoms with Crippen LogP contribution in [0.2, 0.25) is 0 Å². The molecule has 0 bridgehead atoms. The Morgan fingerprint density at radius 2 is 1.96 bits per heavy atom. The Bertz CT molecular complexity index is 531. The van der Waals surface area contributed by atoms with Crippen molar-refractivity contribution < 1.29 is 32.9 Å². The van der Waals surface area contributed by atoms with Crippen LogP contribution < -0.4 is 5.32 Å². The summed E-state index contributed by atoms with van der Waals surface area (Å²) in [5, 5.41) is 23.9. The number of rotatable bonds is 5. The smallest absolute Gasteiger partial charge is 0.388 e. The normalized spacial score (nSPS) is 37.9. The lowest BCUT2D eigenvalue weighted by atomic mass is 9.87. The standard InChI is InChI=1S/C17H27F3N2O4S/c1-21-16-22-10-11(23)12(24)13(26-15(10)27-16)14(17(18,19)20)25-8-7-9-5-3-2-4-6-9/h9-15,23-24H,2-8H2,1H3,(H,21,22). The average Bonchev–Trinajstić information content (AvgIpc) is 3.05. The molecule has 6 nitrogen and oxygen atoms in total. The quantitative estimate of drug-likeness (QED) is 0.641. The van der Waals surface area contributed by atoms with Gasteiger partial charge < -0.3 is 25.0 Å². The van der Waals surface area contributed by atoms with Gasteiger partial charge in [-0.15, -0.1) is 0 Å². The van der Waals surface area contributed by atoms with Crippen molar-refractivity contribution in [1.82, 2.24) is 5.32 Å². The lowest BCUT2D eigenvalue weighted by molar-refractivity contribution is -0.285. The van der Waals surface area contributed by atoms with Gasteiger partial charge in [-0.05, 0) is 12.3 Å². The molecule has 2 heterocycles. The first kappa shape index (κ1) is 21.2. The maximum Gasteiger partial charge on any atom is 0.417 e. The molecule has 0 aromatic heterocycles. The number of ether oxygens (including phenoxy) is 2. The van der Waals surface area contributed by atoms with Crippen molar-refractivity contribution in [2.75, 3.05) is 13.7 Å². The molecule has 6 atom stereocenters. The van der Waals surface area contributed by atoms with E-state index in [0.717, 1.165) is 37.4 Å². The Morgan fingerprint density at radius 1 is 1.26 bits per heavy atom. The minimum absolute atomic E-state index is 0.0430. The lowest BCUT2D eigenvalue weighted by Gasteiger charge is -2.42. The summed E-state index contributed by atoms with van der Waals surface area (Å²) < 4.78 is 51.5. The molecule has 6 unspecified atom stereocenters. The first-order valence-electron chi connectivity index (χ1n) is 9.41. The van der Waals surface area contributed by atoms with Crippen LogP contribution in [-0.2, 0) is 9.47 Å². The van der Waals surface area contributed by atoms with Crippen LogP contribution in [0.3, 0.4) is 0 Å². The Balaban J connectivity index is 1.65. The second-order valence-electron chi connectivity index (χ2n) is 7.39. The van der Waals surface area contributed by atoms with Crippen molar-refractivity contribution in [3.63, 3.8) is 0 Å². The van der Waals surface area contributed by atoms with Gasteiger partial charge in [-0.1, -0.05) is 43.9 Å². The van der Waals surface area contributed by atoms with E-state index in [1.54, 1.807) is 0 Å². The van der Waals surface area contributed by atoms with Crippen LogP contribution in [0.15, 0.2) is 4.99 Å². The first-order valence-corrected chi connectivity index (χ1v) is 10.3. The molecule has 0 amide bonds. The largest absolute Gasteiger partial charge is 0.417 e. The molecule has 27 heavy (non-hydrogen) atoms. The average molecular weight is 412 g/mol. The molecule has 0 aromatic rings. The predicted octanol–water partition coefficient (Wildman–Crippen LogP) is 2.04. The highest BCUT2D eigenvalue weighted by atomic mass is 32.2. The van der Waals surface area contributed by atoms with Crippen LogP contribution >= 0.6 is 11.8 Å². The highest BCUT2D eigenvalue weighted by Gasteiger charge is 2.57. The topological polar surface area (TPSA) is 83.3 Å². The van der Waals surface area contributed by atoms with Gasteiger partial charge in [0.25, 0.3) is 0 Å². The van der Waals surface area contributed by atoms with Crippen LogP contribution in [-0.4, -0.2) is 71.1 Å². The summed E-state index contributed by atoms with van der Waals surface area (Å²) in [7, 11) is 1.53. The molecule has 10 heteroatoms. The first-order chi connectivity index (χ1) is 12.8. The molecule has 156 valence electrons. The Kier molecular flexibility index (Phi) is 6.94. The van der Waals surface area contributed by atoms with Gasteiger partial charge in [-0.2, -0.15) is 13.2 Å². The number of nitrogens with zero attached hydrogens (tertiary/aromatic N) is 1. The summed E-state index contributed by atoms with van der Waals surface area (Å²) in [6, 6.07) is -0.712. The molecule has 1 saturated carbocycles. The number of hydrogen-bond donors (Lipinski definition) is 3. The number of halogens is 3. The molecule has 3 N–H and O–H groups in total. The Hall–Kier alpha value is -0.550. The van der Waals surface area contributed by atoms with Gasteiger partial charge in [0.15, 0.2) is 11.3 Å². The van der Waals surface area contributed by atoms with Crippen LogP contribution in [0.5, 0.6) is 0 Å². The van der Waals surface area contributed by atoms with E-state index >= 15 is 0 Å². The third kappa shape index (κ3) is 4.90. The van der Waals surface area contributed by atoms with Crippen LogP contribution in [0.25, 0.3) is 0 Å². The summed E-state index contributed by atoms with van der Waals surface area (Å²) in [4.78, 5) is 3.93. The lowest BCUT2D eigenvalue weighted by Crippen LogP contribution is -2.64. The molecule has 0 radical (unpaired) electrons. The monoisotopic (exact) mass is 412 g/mol. The van der Waals surface area contributed by atoms with Crippen molar-refractivity contribution in [2.24, 2.45) is 10.9 Å². The zero-order chi connectivity index (χ0) is 19.6.